The van der Waals surface area contributed by atoms with Crippen molar-refractivity contribution in [2.75, 3.05) is 7.11 Å². The summed E-state index contributed by atoms with van der Waals surface area (Å²) in [5, 5.41) is 0. The van der Waals surface area contributed by atoms with E-state index in [1.165, 1.54) is 20.5 Å². The van der Waals surface area contributed by atoms with Crippen LogP contribution in [0, 0.1) is 0 Å². The minimum Gasteiger partial charge on any atom is -0.427 e. The molecule has 0 aromatic rings. The molecule has 0 aliphatic carbocycles. The van der Waals surface area contributed by atoms with Gasteiger partial charge in [-0.2, -0.15) is 0 Å². The van der Waals surface area contributed by atoms with Crippen LogP contribution in [0.1, 0.15) is 0 Å². The summed E-state index contributed by atoms with van der Waals surface area (Å²) in [6.45, 7) is 0. The molecule has 0 fully saturated rings. The van der Waals surface area contributed by atoms with Gasteiger partial charge in [0.25, 0.3) is 0 Å². The van der Waals surface area contributed by atoms with Gasteiger partial charge in [0, 0.05) is 27.6 Å². The molecule has 0 rings (SSSR count). The van der Waals surface area contributed by atoms with Gasteiger partial charge in [-0.3, -0.25) is 0 Å². The van der Waals surface area contributed by atoms with Gasteiger partial charge in [0.15, 0.2) is 9.76 Å². The summed E-state index contributed by atoms with van der Waals surface area (Å²) >= 11 is 0. The summed E-state index contributed by atoms with van der Waals surface area (Å²) in [6, 6.07) is 0. The molecule has 0 aromatic carbocycles. The molecule has 0 N–H and O–H groups in total. The van der Waals surface area contributed by atoms with Gasteiger partial charge in [-0.1, -0.05) is 4.79 Å². The summed E-state index contributed by atoms with van der Waals surface area (Å²) in [5.74, 6) is 0. The predicted molar refractivity (Wildman–Crippen MR) is 39.2 cm³/mol. The number of rotatable bonds is 2. The summed E-state index contributed by atoms with van der Waals surface area (Å²) < 4.78 is 5.01. The van der Waals surface area contributed by atoms with Crippen LogP contribution in [0.4, 0.5) is 0 Å². The van der Waals surface area contributed by atoms with Gasteiger partial charge in [0.2, 0.25) is 0 Å². The molecule has 0 aromatic heterocycles. The molecule has 0 radical (unpaired) electrons. The van der Waals surface area contributed by atoms with E-state index in [1.54, 1.807) is 0 Å². The Morgan fingerprint density at radius 2 is 2.17 bits per heavy atom. The standard InChI is InChI=1S/C2H12OSi3/c1-3-6-2(4)5/h2H,6H2,1,4-5H3. The second-order valence-corrected chi connectivity index (χ2v) is 13.9. The molecule has 0 atom stereocenters. The monoisotopic (exact) mass is 136 g/mol. The van der Waals surface area contributed by atoms with Crippen molar-refractivity contribution in [3.05, 3.63) is 0 Å². The minimum atomic E-state index is -0.0201. The lowest BCUT2D eigenvalue weighted by molar-refractivity contribution is 0.443. The van der Waals surface area contributed by atoms with Gasteiger partial charge in [-0.15, -0.1) is 0 Å². The first-order chi connectivity index (χ1) is 2.77. The van der Waals surface area contributed by atoms with E-state index in [2.05, 4.69) is 0 Å². The molecule has 0 saturated heterocycles. The van der Waals surface area contributed by atoms with Crippen molar-refractivity contribution < 1.29 is 4.43 Å². The van der Waals surface area contributed by atoms with E-state index in [9.17, 15) is 0 Å². The highest BCUT2D eigenvalue weighted by molar-refractivity contribution is 6.60. The van der Waals surface area contributed by atoms with Crippen LogP contribution in [0.2, 0.25) is 4.79 Å². The highest BCUT2D eigenvalue weighted by Gasteiger charge is 1.88. The van der Waals surface area contributed by atoms with Crippen molar-refractivity contribution in [1.82, 2.24) is 0 Å². The Morgan fingerprint density at radius 1 is 1.67 bits per heavy atom. The Morgan fingerprint density at radius 3 is 2.17 bits per heavy atom. The summed E-state index contributed by atoms with van der Waals surface area (Å²) in [7, 11) is 4.56. The van der Waals surface area contributed by atoms with Crippen LogP contribution in [-0.2, 0) is 4.43 Å². The zero-order valence-electron chi connectivity index (χ0n) is 4.69. The second kappa shape index (κ2) is 3.79. The van der Waals surface area contributed by atoms with Crippen LogP contribution < -0.4 is 0 Å². The first kappa shape index (κ1) is 6.61. The maximum Gasteiger partial charge on any atom is 0.157 e. The number of hydrogen-bond acceptors (Lipinski definition) is 1. The molecule has 4 heteroatoms. The lowest BCUT2D eigenvalue weighted by atomic mass is 11.8. The van der Waals surface area contributed by atoms with Crippen LogP contribution in [0.5, 0.6) is 0 Å². The Labute approximate surface area is 47.3 Å². The van der Waals surface area contributed by atoms with Gasteiger partial charge in [-0.25, -0.2) is 0 Å². The molecule has 0 spiro atoms. The predicted octanol–water partition coefficient (Wildman–Crippen LogP) is -2.85. The SMILES string of the molecule is CO[SiH2]C([SiH3])[SiH3]. The summed E-state index contributed by atoms with van der Waals surface area (Å²) in [4.78, 5) is 1.09. The minimum absolute atomic E-state index is 0.0201. The molecule has 1 nitrogen and oxygen atoms in total. The third-order valence-electron chi connectivity index (χ3n) is 0.500. The normalized spacial score (nSPS) is 17.5. The highest BCUT2D eigenvalue weighted by atomic mass is 28.3. The van der Waals surface area contributed by atoms with Gasteiger partial charge in [0.1, 0.15) is 0 Å². The summed E-state index contributed by atoms with van der Waals surface area (Å²) in [6.07, 6.45) is 0. The lowest BCUT2D eigenvalue weighted by Gasteiger charge is -1.95. The van der Waals surface area contributed by atoms with Crippen LogP contribution in [-0.4, -0.2) is 37.4 Å². The Kier molecular flexibility index (Phi) is 4.17. The van der Waals surface area contributed by atoms with E-state index >= 15 is 0 Å². The highest BCUT2D eigenvalue weighted by Crippen LogP contribution is 1.81. The quantitative estimate of drug-likeness (QED) is 0.372. The molecule has 6 heavy (non-hydrogen) atoms. The lowest BCUT2D eigenvalue weighted by Crippen LogP contribution is -2.04. The number of hydrogen-bond donors (Lipinski definition) is 0. The fraction of sp³-hybridized carbons (Fsp3) is 1.00. The zero-order chi connectivity index (χ0) is 4.99. The third-order valence-corrected chi connectivity index (χ3v) is 3.50. The van der Waals surface area contributed by atoms with Gasteiger partial charge in [0.05, 0.1) is 0 Å². The molecule has 0 bridgehead atoms. The molecule has 38 valence electrons. The Hall–Kier alpha value is 0.611. The Balaban J connectivity index is 2.63. The first-order valence-corrected chi connectivity index (χ1v) is 5.96. The van der Waals surface area contributed by atoms with Crippen molar-refractivity contribution >= 4 is 30.2 Å². The Bertz CT molecular complexity index is 30.0. The van der Waals surface area contributed by atoms with Crippen molar-refractivity contribution in [3.8, 4) is 0 Å². The first-order valence-electron chi connectivity index (χ1n) is 2.26. The fourth-order valence-corrected chi connectivity index (χ4v) is 3.00. The third kappa shape index (κ3) is 4.61. The van der Waals surface area contributed by atoms with Crippen LogP contribution >= 0.6 is 0 Å². The molecule has 0 amide bonds. The zero-order valence-corrected chi connectivity index (χ0v) is 10.1. The second-order valence-electron chi connectivity index (χ2n) is 1.85. The van der Waals surface area contributed by atoms with Crippen LogP contribution in [0.3, 0.4) is 0 Å². The summed E-state index contributed by atoms with van der Waals surface area (Å²) in [5.41, 5.74) is 0. The smallest absolute Gasteiger partial charge is 0.157 e. The van der Waals surface area contributed by atoms with Gasteiger partial charge in [-0.05, 0) is 0 Å². The van der Waals surface area contributed by atoms with Crippen molar-refractivity contribution in [2.24, 2.45) is 0 Å². The van der Waals surface area contributed by atoms with E-state index in [1.807, 2.05) is 7.11 Å². The van der Waals surface area contributed by atoms with Crippen molar-refractivity contribution in [1.29, 1.82) is 0 Å². The largest absolute Gasteiger partial charge is 0.427 e. The fourth-order valence-electron chi connectivity index (χ4n) is 0.333. The average molecular weight is 136 g/mol. The van der Waals surface area contributed by atoms with Crippen LogP contribution in [0.15, 0.2) is 0 Å². The molecular weight excluding hydrogens is 124 g/mol. The molecule has 0 aliphatic heterocycles. The topological polar surface area (TPSA) is 9.23 Å². The van der Waals surface area contributed by atoms with E-state index in [0.29, 0.717) is 0 Å². The van der Waals surface area contributed by atoms with E-state index in [0.717, 1.165) is 4.79 Å². The van der Waals surface area contributed by atoms with Crippen molar-refractivity contribution in [3.63, 3.8) is 0 Å². The molecule has 0 saturated carbocycles. The maximum absolute atomic E-state index is 5.01. The molecule has 0 unspecified atom stereocenters. The van der Waals surface area contributed by atoms with Crippen LogP contribution in [0.25, 0.3) is 0 Å². The molecule has 0 aliphatic rings. The van der Waals surface area contributed by atoms with E-state index in [4.69, 9.17) is 4.43 Å². The van der Waals surface area contributed by atoms with E-state index in [-0.39, 0.29) is 9.76 Å². The van der Waals surface area contributed by atoms with Crippen molar-refractivity contribution in [2.45, 2.75) is 4.79 Å². The maximum atomic E-state index is 5.01. The van der Waals surface area contributed by atoms with Gasteiger partial charge >= 0.3 is 0 Å². The van der Waals surface area contributed by atoms with Gasteiger partial charge < -0.3 is 4.43 Å². The van der Waals surface area contributed by atoms with E-state index < -0.39 is 0 Å². The average Bonchev–Trinajstić information content (AvgIpc) is 1.35. The molecule has 0 heterocycles. The molecular formula is C2H12OSi3.